The van der Waals surface area contributed by atoms with Crippen molar-refractivity contribution < 1.29 is 35.2 Å². The fraction of sp³-hybridized carbons (Fsp3) is 0.333. The third-order valence-electron chi connectivity index (χ3n) is 4.61. The largest absolute Gasteiger partial charge is 0.417 e. The molecule has 0 atom stereocenters. The monoisotopic (exact) mass is 449 g/mol. The van der Waals surface area contributed by atoms with Crippen LogP contribution in [0, 0.1) is 11.6 Å². The van der Waals surface area contributed by atoms with E-state index in [-0.39, 0.29) is 36.9 Å². The first-order valence-electron chi connectivity index (χ1n) is 8.64. The zero-order chi connectivity index (χ0) is 22.3. The van der Waals surface area contributed by atoms with E-state index in [9.17, 15) is 35.2 Å². The first-order chi connectivity index (χ1) is 13.9. The van der Waals surface area contributed by atoms with E-state index in [1.54, 1.807) is 0 Å². The zero-order valence-electron chi connectivity index (χ0n) is 15.6. The maximum absolute atomic E-state index is 14.1. The second-order valence-corrected chi connectivity index (χ2v) is 8.74. The van der Waals surface area contributed by atoms with Crippen molar-refractivity contribution in [1.29, 1.82) is 0 Å². The van der Waals surface area contributed by atoms with E-state index in [0.29, 0.717) is 12.3 Å². The minimum absolute atomic E-state index is 0.0174. The Kier molecular flexibility index (Phi) is 5.72. The van der Waals surface area contributed by atoms with Crippen LogP contribution in [-0.2, 0) is 16.0 Å². The lowest BCUT2D eigenvalue weighted by Gasteiger charge is -2.35. The summed E-state index contributed by atoms with van der Waals surface area (Å²) in [5, 5.41) is 0. The Morgan fingerprint density at radius 3 is 2.20 bits per heavy atom. The third-order valence-corrected chi connectivity index (χ3v) is 5.72. The van der Waals surface area contributed by atoms with E-state index in [4.69, 9.17) is 0 Å². The van der Waals surface area contributed by atoms with Crippen LogP contribution in [0.2, 0.25) is 0 Å². The van der Waals surface area contributed by atoms with Gasteiger partial charge in [0.1, 0.15) is 5.82 Å². The highest BCUT2D eigenvalue weighted by Gasteiger charge is 2.33. The molecule has 0 saturated carbocycles. The van der Waals surface area contributed by atoms with Gasteiger partial charge in [0, 0.05) is 38.6 Å². The molecule has 0 unspecified atom stereocenters. The Balaban J connectivity index is 1.74. The number of rotatable bonds is 3. The number of halogens is 5. The summed E-state index contributed by atoms with van der Waals surface area (Å²) >= 11 is 0. The van der Waals surface area contributed by atoms with Gasteiger partial charge < -0.3 is 9.80 Å². The average molecular weight is 449 g/mol. The first kappa shape index (κ1) is 21.9. The molecule has 1 amide bonds. The molecule has 30 heavy (non-hydrogen) atoms. The molecule has 0 aliphatic carbocycles. The van der Waals surface area contributed by atoms with Crippen LogP contribution in [0.3, 0.4) is 0 Å². The van der Waals surface area contributed by atoms with Gasteiger partial charge in [-0.25, -0.2) is 22.2 Å². The molecule has 3 rings (SSSR count). The van der Waals surface area contributed by atoms with Crippen molar-refractivity contribution in [2.24, 2.45) is 0 Å². The van der Waals surface area contributed by atoms with E-state index in [2.05, 4.69) is 4.98 Å². The highest BCUT2D eigenvalue weighted by Crippen LogP contribution is 2.31. The van der Waals surface area contributed by atoms with E-state index in [1.807, 2.05) is 0 Å². The molecule has 1 aliphatic heterocycles. The van der Waals surface area contributed by atoms with Crippen molar-refractivity contribution in [1.82, 2.24) is 9.88 Å². The molecule has 0 spiro atoms. The molecule has 0 bridgehead atoms. The molecule has 2 heterocycles. The fourth-order valence-corrected chi connectivity index (χ4v) is 3.66. The van der Waals surface area contributed by atoms with Crippen molar-refractivity contribution in [2.45, 2.75) is 11.1 Å². The Morgan fingerprint density at radius 2 is 1.67 bits per heavy atom. The molecule has 1 saturated heterocycles. The summed E-state index contributed by atoms with van der Waals surface area (Å²) < 4.78 is 89.4. The van der Waals surface area contributed by atoms with Crippen LogP contribution in [0.25, 0.3) is 0 Å². The number of amides is 1. The summed E-state index contributed by atoms with van der Waals surface area (Å²) in [6, 6.07) is 3.25. The average Bonchev–Trinajstić information content (AvgIpc) is 2.66. The van der Waals surface area contributed by atoms with E-state index >= 15 is 0 Å². The lowest BCUT2D eigenvalue weighted by Crippen LogP contribution is -2.49. The van der Waals surface area contributed by atoms with Gasteiger partial charge in [-0.3, -0.25) is 4.79 Å². The number of benzene rings is 1. The molecule has 1 aromatic carbocycles. The highest BCUT2D eigenvalue weighted by molar-refractivity contribution is 7.90. The fourth-order valence-electron chi connectivity index (χ4n) is 3.01. The maximum atomic E-state index is 14.1. The van der Waals surface area contributed by atoms with Crippen molar-refractivity contribution >= 4 is 21.6 Å². The summed E-state index contributed by atoms with van der Waals surface area (Å²) in [6.07, 6.45) is -3.26. The topological polar surface area (TPSA) is 70.6 Å². The van der Waals surface area contributed by atoms with E-state index < -0.39 is 44.7 Å². The highest BCUT2D eigenvalue weighted by atomic mass is 32.2. The van der Waals surface area contributed by atoms with Gasteiger partial charge in [-0.2, -0.15) is 13.2 Å². The van der Waals surface area contributed by atoms with Gasteiger partial charge in [0.25, 0.3) is 5.91 Å². The minimum Gasteiger partial charge on any atom is -0.351 e. The number of carbonyl (C=O) groups is 1. The number of hydrogen-bond donors (Lipinski definition) is 0. The number of alkyl halides is 3. The van der Waals surface area contributed by atoms with Crippen LogP contribution in [0.1, 0.15) is 15.9 Å². The molecule has 6 nitrogen and oxygen atoms in total. The van der Waals surface area contributed by atoms with E-state index in [0.717, 1.165) is 24.5 Å². The number of pyridine rings is 1. The second kappa shape index (κ2) is 7.82. The predicted octanol–water partition coefficient (Wildman–Crippen LogP) is 2.74. The lowest BCUT2D eigenvalue weighted by molar-refractivity contribution is -0.138. The Hall–Kier alpha value is -2.76. The van der Waals surface area contributed by atoms with Gasteiger partial charge >= 0.3 is 6.18 Å². The van der Waals surface area contributed by atoms with Crippen LogP contribution in [0.4, 0.5) is 27.8 Å². The molecule has 1 aliphatic rings. The molecule has 1 aromatic heterocycles. The quantitative estimate of drug-likeness (QED) is 0.533. The first-order valence-corrected chi connectivity index (χ1v) is 10.5. The molecule has 162 valence electrons. The summed E-state index contributed by atoms with van der Waals surface area (Å²) in [5.74, 6) is -3.04. The van der Waals surface area contributed by atoms with Crippen LogP contribution in [-0.4, -0.2) is 56.6 Å². The third kappa shape index (κ3) is 4.53. The molecular weight excluding hydrogens is 433 g/mol. The molecular formula is C18H16F5N3O3S. The summed E-state index contributed by atoms with van der Waals surface area (Å²) in [7, 11) is -3.65. The van der Waals surface area contributed by atoms with Crippen LogP contribution < -0.4 is 4.90 Å². The lowest BCUT2D eigenvalue weighted by atomic mass is 10.1. The molecule has 2 aromatic rings. The Bertz CT molecular complexity index is 1080. The Labute approximate surface area is 168 Å². The minimum atomic E-state index is -4.72. The number of carbonyl (C=O) groups excluding carboxylic acids is 1. The number of anilines is 1. The van der Waals surface area contributed by atoms with Gasteiger partial charge in [0.2, 0.25) is 0 Å². The number of hydrogen-bond acceptors (Lipinski definition) is 5. The smallest absolute Gasteiger partial charge is 0.351 e. The SMILES string of the molecule is CS(=O)(=O)c1ccc(F)c(C(=O)N2CCN(c3ncc(C(F)(F)F)cc3F)CC2)c1. The number of sulfone groups is 1. The van der Waals surface area contributed by atoms with E-state index in [1.165, 1.54) is 9.80 Å². The van der Waals surface area contributed by atoms with Crippen LogP contribution in [0.15, 0.2) is 35.4 Å². The zero-order valence-corrected chi connectivity index (χ0v) is 16.4. The Morgan fingerprint density at radius 1 is 1.03 bits per heavy atom. The van der Waals surface area contributed by atoms with Crippen molar-refractivity contribution in [3.63, 3.8) is 0 Å². The van der Waals surface area contributed by atoms with Crippen molar-refractivity contribution in [3.8, 4) is 0 Å². The normalized spacial score (nSPS) is 15.4. The maximum Gasteiger partial charge on any atom is 0.417 e. The summed E-state index contributed by atoms with van der Waals surface area (Å²) in [5.41, 5.74) is -1.62. The van der Waals surface area contributed by atoms with Crippen molar-refractivity contribution in [2.75, 3.05) is 37.3 Å². The van der Waals surface area contributed by atoms with Gasteiger partial charge in [-0.15, -0.1) is 0 Å². The molecule has 1 fully saturated rings. The van der Waals surface area contributed by atoms with Gasteiger partial charge in [-0.05, 0) is 24.3 Å². The van der Waals surface area contributed by atoms with Gasteiger partial charge in [0.05, 0.1) is 16.0 Å². The molecule has 0 radical (unpaired) electrons. The second-order valence-electron chi connectivity index (χ2n) is 6.72. The van der Waals surface area contributed by atoms with Crippen LogP contribution in [0.5, 0.6) is 0 Å². The number of aromatic nitrogens is 1. The summed E-state index contributed by atoms with van der Waals surface area (Å²) in [4.78, 5) is 18.6. The van der Waals surface area contributed by atoms with Crippen LogP contribution >= 0.6 is 0 Å². The molecule has 0 N–H and O–H groups in total. The van der Waals surface area contributed by atoms with Crippen molar-refractivity contribution in [3.05, 3.63) is 53.2 Å². The molecule has 12 heteroatoms. The number of nitrogens with zero attached hydrogens (tertiary/aromatic N) is 3. The predicted molar refractivity (Wildman–Crippen MR) is 96.8 cm³/mol. The number of piperazine rings is 1. The standard InChI is InChI=1S/C18H16F5N3O3S/c1-30(28,29)12-2-3-14(19)13(9-12)17(27)26-6-4-25(5-7-26)16-15(20)8-11(10-24-16)18(21,22)23/h2-3,8-10H,4-7H2,1H3. The summed E-state index contributed by atoms with van der Waals surface area (Å²) in [6.45, 7) is 0.135. The van der Waals surface area contributed by atoms with Gasteiger partial charge in [0.15, 0.2) is 21.5 Å². The van der Waals surface area contributed by atoms with Gasteiger partial charge in [-0.1, -0.05) is 0 Å².